The minimum Gasteiger partial charge on any atom is -0.399 e. The smallest absolute Gasteiger partial charge is 0.270 e. The Labute approximate surface area is 118 Å². The lowest BCUT2D eigenvalue weighted by atomic mass is 9.99. The monoisotopic (exact) mass is 271 g/mol. The Kier molecular flexibility index (Phi) is 3.38. The molecule has 0 radical (unpaired) electrons. The van der Waals surface area contributed by atoms with Crippen LogP contribution in [0.5, 0.6) is 0 Å². The zero-order valence-corrected chi connectivity index (χ0v) is 11.9. The third-order valence-corrected chi connectivity index (χ3v) is 4.23. The van der Waals surface area contributed by atoms with Gasteiger partial charge in [0.05, 0.1) is 0 Å². The lowest BCUT2D eigenvalue weighted by Crippen LogP contribution is -2.43. The fraction of sp³-hybridized carbons (Fsp3) is 0.438. The van der Waals surface area contributed by atoms with Crippen LogP contribution in [0.4, 0.5) is 5.69 Å². The van der Waals surface area contributed by atoms with E-state index in [0.29, 0.717) is 11.7 Å². The van der Waals surface area contributed by atoms with Crippen LogP contribution in [0.15, 0.2) is 24.3 Å². The highest BCUT2D eigenvalue weighted by molar-refractivity contribution is 5.98. The van der Waals surface area contributed by atoms with Gasteiger partial charge in [0.2, 0.25) is 0 Å². The number of amides is 1. The summed E-state index contributed by atoms with van der Waals surface area (Å²) in [5, 5.41) is 0.999. The van der Waals surface area contributed by atoms with Gasteiger partial charge in [0.1, 0.15) is 5.69 Å². The molecular formula is C16H21N3O. The summed E-state index contributed by atoms with van der Waals surface area (Å²) in [5.74, 6) is 0.117. The first kappa shape index (κ1) is 13.0. The highest BCUT2D eigenvalue weighted by Gasteiger charge is 2.26. The first-order valence-corrected chi connectivity index (χ1v) is 7.38. The zero-order valence-electron chi connectivity index (χ0n) is 11.9. The van der Waals surface area contributed by atoms with Gasteiger partial charge < -0.3 is 15.6 Å². The highest BCUT2D eigenvalue weighted by atomic mass is 16.2. The maximum absolute atomic E-state index is 12.7. The van der Waals surface area contributed by atoms with Crippen LogP contribution < -0.4 is 5.73 Å². The van der Waals surface area contributed by atoms with Crippen molar-refractivity contribution in [2.45, 2.75) is 38.6 Å². The average molecular weight is 271 g/mol. The molecule has 1 atom stereocenters. The molecule has 20 heavy (non-hydrogen) atoms. The summed E-state index contributed by atoms with van der Waals surface area (Å²) >= 11 is 0. The van der Waals surface area contributed by atoms with Crippen molar-refractivity contribution < 1.29 is 4.79 Å². The van der Waals surface area contributed by atoms with Crippen molar-refractivity contribution in [1.29, 1.82) is 0 Å². The van der Waals surface area contributed by atoms with Gasteiger partial charge in [-0.25, -0.2) is 0 Å². The van der Waals surface area contributed by atoms with Gasteiger partial charge in [0.15, 0.2) is 0 Å². The number of aromatic amines is 1. The molecule has 2 aromatic rings. The second-order valence-electron chi connectivity index (χ2n) is 5.59. The molecule has 4 heteroatoms. The number of aromatic nitrogens is 1. The van der Waals surface area contributed by atoms with Crippen LogP contribution in [-0.2, 0) is 0 Å². The van der Waals surface area contributed by atoms with E-state index in [4.69, 9.17) is 5.73 Å². The van der Waals surface area contributed by atoms with Gasteiger partial charge in [0.25, 0.3) is 5.91 Å². The Balaban J connectivity index is 1.91. The number of rotatable bonds is 2. The number of carbonyl (C=O) groups is 1. The molecule has 3 N–H and O–H groups in total. The summed E-state index contributed by atoms with van der Waals surface area (Å²) in [6.07, 6.45) is 4.48. The van der Waals surface area contributed by atoms with Gasteiger partial charge in [-0.3, -0.25) is 4.79 Å². The predicted molar refractivity (Wildman–Crippen MR) is 81.7 cm³/mol. The van der Waals surface area contributed by atoms with Gasteiger partial charge in [0, 0.05) is 29.2 Å². The molecule has 0 spiro atoms. The topological polar surface area (TPSA) is 62.1 Å². The van der Waals surface area contributed by atoms with E-state index in [1.165, 1.54) is 6.42 Å². The predicted octanol–water partition coefficient (Wildman–Crippen LogP) is 3.15. The molecule has 1 aromatic heterocycles. The molecule has 106 valence electrons. The molecule has 1 aliphatic heterocycles. The molecule has 3 rings (SSSR count). The number of piperidine rings is 1. The molecule has 0 aliphatic carbocycles. The van der Waals surface area contributed by atoms with Crippen LogP contribution in [0.1, 0.15) is 43.1 Å². The number of carbonyl (C=O) groups excluding carboxylic acids is 1. The third kappa shape index (κ3) is 2.26. The number of likely N-dealkylation sites (tertiary alicyclic amines) is 1. The fourth-order valence-corrected chi connectivity index (χ4v) is 3.11. The summed E-state index contributed by atoms with van der Waals surface area (Å²) in [7, 11) is 0. The van der Waals surface area contributed by atoms with Crippen molar-refractivity contribution in [2.24, 2.45) is 0 Å². The second kappa shape index (κ2) is 5.19. The number of nitrogens with one attached hydrogen (secondary N) is 1. The normalized spacial score (nSPS) is 19.4. The first-order valence-electron chi connectivity index (χ1n) is 7.38. The number of anilines is 1. The van der Waals surface area contributed by atoms with Crippen LogP contribution >= 0.6 is 0 Å². The van der Waals surface area contributed by atoms with Crippen LogP contribution in [0.2, 0.25) is 0 Å². The number of nitrogens with two attached hydrogens (primary N) is 1. The quantitative estimate of drug-likeness (QED) is 0.824. The Bertz CT molecular complexity index is 632. The van der Waals surface area contributed by atoms with Gasteiger partial charge >= 0.3 is 0 Å². The Morgan fingerprint density at radius 2 is 2.25 bits per heavy atom. The molecule has 1 aromatic carbocycles. The number of hydrogen-bond acceptors (Lipinski definition) is 2. The van der Waals surface area contributed by atoms with E-state index in [0.717, 1.165) is 42.4 Å². The molecular weight excluding hydrogens is 250 g/mol. The van der Waals surface area contributed by atoms with Crippen molar-refractivity contribution in [3.05, 3.63) is 30.0 Å². The van der Waals surface area contributed by atoms with E-state index in [2.05, 4.69) is 11.9 Å². The standard InChI is InChI=1S/C16H21N3O/c1-2-13-5-3-4-8-19(13)16(20)15-10-11-9-12(17)6-7-14(11)18-15/h6-7,9-10,13,18H,2-5,8,17H2,1H3. The van der Waals surface area contributed by atoms with Gasteiger partial charge in [-0.05, 0) is 49.9 Å². The molecule has 0 bridgehead atoms. The van der Waals surface area contributed by atoms with Crippen LogP contribution in [-0.4, -0.2) is 28.4 Å². The summed E-state index contributed by atoms with van der Waals surface area (Å²) in [6.45, 7) is 3.02. The lowest BCUT2D eigenvalue weighted by Gasteiger charge is -2.35. The number of nitrogens with zero attached hydrogens (tertiary/aromatic N) is 1. The molecule has 2 heterocycles. The van der Waals surface area contributed by atoms with Crippen molar-refractivity contribution >= 4 is 22.5 Å². The highest BCUT2D eigenvalue weighted by Crippen LogP contribution is 2.24. The zero-order chi connectivity index (χ0) is 14.1. The van der Waals surface area contributed by atoms with E-state index >= 15 is 0 Å². The summed E-state index contributed by atoms with van der Waals surface area (Å²) in [6, 6.07) is 7.97. The molecule has 1 aliphatic rings. The van der Waals surface area contributed by atoms with Crippen LogP contribution in [0.3, 0.4) is 0 Å². The molecule has 1 saturated heterocycles. The van der Waals surface area contributed by atoms with Crippen molar-refractivity contribution in [3.63, 3.8) is 0 Å². The van der Waals surface area contributed by atoms with E-state index < -0.39 is 0 Å². The molecule has 0 saturated carbocycles. The summed E-state index contributed by atoms with van der Waals surface area (Å²) < 4.78 is 0. The van der Waals surface area contributed by atoms with E-state index in [-0.39, 0.29) is 5.91 Å². The number of hydrogen-bond donors (Lipinski definition) is 2. The van der Waals surface area contributed by atoms with Crippen LogP contribution in [0, 0.1) is 0 Å². The van der Waals surface area contributed by atoms with Crippen LogP contribution in [0.25, 0.3) is 10.9 Å². The Morgan fingerprint density at radius 1 is 1.40 bits per heavy atom. The molecule has 1 fully saturated rings. The fourth-order valence-electron chi connectivity index (χ4n) is 3.11. The van der Waals surface area contributed by atoms with E-state index in [1.54, 1.807) is 0 Å². The third-order valence-electron chi connectivity index (χ3n) is 4.23. The SMILES string of the molecule is CCC1CCCCN1C(=O)c1cc2cc(N)ccc2[nH]1. The molecule has 1 amide bonds. The number of fused-ring (bicyclic) bond motifs is 1. The maximum Gasteiger partial charge on any atom is 0.270 e. The Hall–Kier alpha value is -1.97. The maximum atomic E-state index is 12.7. The molecule has 1 unspecified atom stereocenters. The van der Waals surface area contributed by atoms with Gasteiger partial charge in [-0.1, -0.05) is 6.92 Å². The largest absolute Gasteiger partial charge is 0.399 e. The van der Waals surface area contributed by atoms with Gasteiger partial charge in [-0.2, -0.15) is 0 Å². The van der Waals surface area contributed by atoms with Crippen molar-refractivity contribution in [2.75, 3.05) is 12.3 Å². The van der Waals surface area contributed by atoms with Gasteiger partial charge in [-0.15, -0.1) is 0 Å². The van der Waals surface area contributed by atoms with E-state index in [9.17, 15) is 4.79 Å². The van der Waals surface area contributed by atoms with Crippen molar-refractivity contribution in [1.82, 2.24) is 9.88 Å². The number of H-pyrrole nitrogens is 1. The average Bonchev–Trinajstić information content (AvgIpc) is 2.89. The first-order chi connectivity index (χ1) is 9.69. The minimum absolute atomic E-state index is 0.117. The minimum atomic E-state index is 0.117. The van der Waals surface area contributed by atoms with Crippen molar-refractivity contribution in [3.8, 4) is 0 Å². The summed E-state index contributed by atoms with van der Waals surface area (Å²) in [4.78, 5) is 17.9. The number of nitrogen functional groups attached to an aromatic ring is 1. The number of benzene rings is 1. The summed E-state index contributed by atoms with van der Waals surface area (Å²) in [5.41, 5.74) is 8.15. The lowest BCUT2D eigenvalue weighted by molar-refractivity contribution is 0.0603. The van der Waals surface area contributed by atoms with E-state index in [1.807, 2.05) is 29.2 Å². The Morgan fingerprint density at radius 3 is 3.05 bits per heavy atom. The molecule has 4 nitrogen and oxygen atoms in total. The second-order valence-corrected chi connectivity index (χ2v) is 5.59.